The van der Waals surface area contributed by atoms with E-state index in [4.69, 9.17) is 5.84 Å². The van der Waals surface area contributed by atoms with Crippen LogP contribution in [-0.4, -0.2) is 4.98 Å². The average Bonchev–Trinajstić information content (AvgIpc) is 2.09. The van der Waals surface area contributed by atoms with Crippen LogP contribution >= 0.6 is 0 Å². The molecule has 0 saturated heterocycles. The van der Waals surface area contributed by atoms with Gasteiger partial charge in [0.15, 0.2) is 0 Å². The standard InChI is InChI=1S/C11H17N3/c1-7(2)11(14-12)10-6-5-8(3)13-9(10)4/h5-6,11,14H,1,12H2,2-4H3. The van der Waals surface area contributed by atoms with Gasteiger partial charge in [0.05, 0.1) is 6.04 Å². The zero-order valence-corrected chi connectivity index (χ0v) is 8.96. The molecule has 1 unspecified atom stereocenters. The minimum absolute atomic E-state index is 0.0110. The summed E-state index contributed by atoms with van der Waals surface area (Å²) in [6, 6.07) is 4.01. The Kier molecular flexibility index (Phi) is 3.38. The predicted octanol–water partition coefficient (Wildman–Crippen LogP) is 1.78. The van der Waals surface area contributed by atoms with E-state index < -0.39 is 0 Å². The Morgan fingerprint density at radius 3 is 2.57 bits per heavy atom. The summed E-state index contributed by atoms with van der Waals surface area (Å²) in [6.45, 7) is 9.80. The maximum atomic E-state index is 5.47. The second-order valence-corrected chi connectivity index (χ2v) is 3.57. The van der Waals surface area contributed by atoms with Gasteiger partial charge in [0.2, 0.25) is 0 Å². The van der Waals surface area contributed by atoms with Crippen molar-refractivity contribution in [2.75, 3.05) is 0 Å². The van der Waals surface area contributed by atoms with Crippen molar-refractivity contribution in [2.24, 2.45) is 5.84 Å². The van der Waals surface area contributed by atoms with Gasteiger partial charge in [0.1, 0.15) is 0 Å². The topological polar surface area (TPSA) is 50.9 Å². The molecule has 0 radical (unpaired) electrons. The lowest BCUT2D eigenvalue weighted by Crippen LogP contribution is -2.29. The molecule has 0 spiro atoms. The van der Waals surface area contributed by atoms with Gasteiger partial charge in [-0.15, -0.1) is 0 Å². The van der Waals surface area contributed by atoms with Gasteiger partial charge in [-0.2, -0.15) is 0 Å². The van der Waals surface area contributed by atoms with Crippen LogP contribution < -0.4 is 11.3 Å². The fraction of sp³-hybridized carbons (Fsp3) is 0.364. The van der Waals surface area contributed by atoms with Crippen molar-refractivity contribution in [3.05, 3.63) is 41.2 Å². The third kappa shape index (κ3) is 2.19. The van der Waals surface area contributed by atoms with Crippen LogP contribution in [0.2, 0.25) is 0 Å². The van der Waals surface area contributed by atoms with Gasteiger partial charge in [0.25, 0.3) is 0 Å². The molecule has 1 atom stereocenters. The van der Waals surface area contributed by atoms with E-state index >= 15 is 0 Å². The Bertz CT molecular complexity index is 344. The first-order valence-electron chi connectivity index (χ1n) is 4.62. The van der Waals surface area contributed by atoms with Gasteiger partial charge in [-0.05, 0) is 32.4 Å². The summed E-state index contributed by atoms with van der Waals surface area (Å²) < 4.78 is 0. The summed E-state index contributed by atoms with van der Waals surface area (Å²) in [5.41, 5.74) is 6.83. The van der Waals surface area contributed by atoms with Crippen molar-refractivity contribution in [1.29, 1.82) is 0 Å². The maximum absolute atomic E-state index is 5.47. The Balaban J connectivity index is 3.10. The highest BCUT2D eigenvalue weighted by Gasteiger charge is 2.13. The van der Waals surface area contributed by atoms with Crippen LogP contribution in [0.4, 0.5) is 0 Å². The lowest BCUT2D eigenvalue weighted by atomic mass is 10.0. The number of aromatic nitrogens is 1. The molecule has 0 saturated carbocycles. The summed E-state index contributed by atoms with van der Waals surface area (Å²) >= 11 is 0. The molecule has 0 aliphatic rings. The number of nitrogens with one attached hydrogen (secondary N) is 1. The molecule has 1 aromatic rings. The first-order chi connectivity index (χ1) is 6.56. The number of aryl methyl sites for hydroxylation is 2. The number of nitrogens with zero attached hydrogens (tertiary/aromatic N) is 1. The van der Waals surface area contributed by atoms with Crippen LogP contribution in [0.1, 0.15) is 29.9 Å². The lowest BCUT2D eigenvalue weighted by molar-refractivity contribution is 0.620. The number of nitrogens with two attached hydrogens (primary N) is 1. The molecule has 0 aliphatic carbocycles. The van der Waals surface area contributed by atoms with Crippen LogP contribution in [0.3, 0.4) is 0 Å². The maximum Gasteiger partial charge on any atom is 0.0682 e. The molecule has 1 rings (SSSR count). The molecule has 3 nitrogen and oxygen atoms in total. The van der Waals surface area contributed by atoms with Crippen molar-refractivity contribution in [1.82, 2.24) is 10.4 Å². The highest BCUT2D eigenvalue weighted by atomic mass is 15.2. The molecule has 1 heterocycles. The van der Waals surface area contributed by atoms with Gasteiger partial charge in [-0.25, -0.2) is 5.43 Å². The summed E-state index contributed by atoms with van der Waals surface area (Å²) in [5.74, 6) is 5.47. The smallest absolute Gasteiger partial charge is 0.0682 e. The van der Waals surface area contributed by atoms with E-state index in [1.165, 1.54) is 0 Å². The second kappa shape index (κ2) is 4.35. The molecule has 3 N–H and O–H groups in total. The minimum atomic E-state index is -0.0110. The molecular weight excluding hydrogens is 174 g/mol. The van der Waals surface area contributed by atoms with Crippen molar-refractivity contribution < 1.29 is 0 Å². The average molecular weight is 191 g/mol. The van der Waals surface area contributed by atoms with Crippen LogP contribution in [0.15, 0.2) is 24.3 Å². The molecule has 0 aromatic carbocycles. The van der Waals surface area contributed by atoms with Crippen molar-refractivity contribution in [2.45, 2.75) is 26.8 Å². The summed E-state index contributed by atoms with van der Waals surface area (Å²) in [6.07, 6.45) is 0. The fourth-order valence-corrected chi connectivity index (χ4v) is 1.50. The molecule has 1 aromatic heterocycles. The summed E-state index contributed by atoms with van der Waals surface area (Å²) in [5, 5.41) is 0. The zero-order chi connectivity index (χ0) is 10.7. The van der Waals surface area contributed by atoms with Gasteiger partial charge in [-0.3, -0.25) is 10.8 Å². The van der Waals surface area contributed by atoms with Crippen LogP contribution in [0, 0.1) is 13.8 Å². The SMILES string of the molecule is C=C(C)C(NN)c1ccc(C)nc1C. The van der Waals surface area contributed by atoms with E-state index in [-0.39, 0.29) is 6.04 Å². The van der Waals surface area contributed by atoms with E-state index in [0.717, 1.165) is 22.5 Å². The molecule has 3 heteroatoms. The lowest BCUT2D eigenvalue weighted by Gasteiger charge is -2.18. The van der Waals surface area contributed by atoms with E-state index in [2.05, 4.69) is 17.0 Å². The quantitative estimate of drug-likeness (QED) is 0.435. The Morgan fingerprint density at radius 2 is 2.14 bits per heavy atom. The molecule has 0 bridgehead atoms. The third-order valence-corrected chi connectivity index (χ3v) is 2.24. The molecule has 0 amide bonds. The molecule has 14 heavy (non-hydrogen) atoms. The van der Waals surface area contributed by atoms with Gasteiger partial charge in [0, 0.05) is 11.4 Å². The monoisotopic (exact) mass is 191 g/mol. The largest absolute Gasteiger partial charge is 0.271 e. The number of rotatable bonds is 3. The molecule has 0 fully saturated rings. The van der Waals surface area contributed by atoms with Crippen molar-refractivity contribution >= 4 is 0 Å². The number of pyridine rings is 1. The highest BCUT2D eigenvalue weighted by molar-refractivity contribution is 5.30. The van der Waals surface area contributed by atoms with Crippen molar-refractivity contribution in [3.8, 4) is 0 Å². The second-order valence-electron chi connectivity index (χ2n) is 3.57. The predicted molar refractivity (Wildman–Crippen MR) is 58.6 cm³/mol. The van der Waals surface area contributed by atoms with E-state index in [0.29, 0.717) is 0 Å². The number of hydrazine groups is 1. The van der Waals surface area contributed by atoms with Crippen LogP contribution in [0.5, 0.6) is 0 Å². The first-order valence-corrected chi connectivity index (χ1v) is 4.62. The van der Waals surface area contributed by atoms with Crippen LogP contribution in [0.25, 0.3) is 0 Å². The fourth-order valence-electron chi connectivity index (χ4n) is 1.50. The first kappa shape index (κ1) is 10.9. The van der Waals surface area contributed by atoms with Crippen LogP contribution in [-0.2, 0) is 0 Å². The zero-order valence-electron chi connectivity index (χ0n) is 8.96. The molecule has 0 aliphatic heterocycles. The minimum Gasteiger partial charge on any atom is -0.271 e. The highest BCUT2D eigenvalue weighted by Crippen LogP contribution is 2.21. The normalized spacial score (nSPS) is 12.6. The summed E-state index contributed by atoms with van der Waals surface area (Å²) in [4.78, 5) is 4.39. The number of hydrogen-bond acceptors (Lipinski definition) is 3. The number of hydrogen-bond donors (Lipinski definition) is 2. The van der Waals surface area contributed by atoms with E-state index in [1.54, 1.807) is 0 Å². The Morgan fingerprint density at radius 1 is 1.50 bits per heavy atom. The van der Waals surface area contributed by atoms with Crippen molar-refractivity contribution in [3.63, 3.8) is 0 Å². The van der Waals surface area contributed by atoms with E-state index in [1.807, 2.05) is 32.9 Å². The Labute approximate surface area is 85.0 Å². The van der Waals surface area contributed by atoms with Gasteiger partial charge in [-0.1, -0.05) is 18.2 Å². The van der Waals surface area contributed by atoms with Gasteiger partial charge < -0.3 is 0 Å². The van der Waals surface area contributed by atoms with E-state index in [9.17, 15) is 0 Å². The third-order valence-electron chi connectivity index (χ3n) is 2.24. The van der Waals surface area contributed by atoms with Gasteiger partial charge >= 0.3 is 0 Å². The summed E-state index contributed by atoms with van der Waals surface area (Å²) in [7, 11) is 0. The Hall–Kier alpha value is -1.19. The molecule has 76 valence electrons. The molecular formula is C11H17N3.